The van der Waals surface area contributed by atoms with Crippen molar-refractivity contribution in [1.82, 2.24) is 0 Å². The number of rotatable bonds is 4. The van der Waals surface area contributed by atoms with Crippen LogP contribution in [0.4, 0.5) is 0 Å². The molecule has 1 heterocycles. The van der Waals surface area contributed by atoms with Crippen LogP contribution < -0.4 is 0 Å². The van der Waals surface area contributed by atoms with E-state index in [1.165, 1.54) is 0 Å². The molecule has 1 spiro atoms. The van der Waals surface area contributed by atoms with E-state index in [1.54, 1.807) is 11.8 Å². The second-order valence-corrected chi connectivity index (χ2v) is 8.21. The minimum Gasteiger partial charge on any atom is -0.450 e. The Morgan fingerprint density at radius 3 is 2.58 bits per heavy atom. The number of benzene rings is 2. The Morgan fingerprint density at radius 2 is 1.81 bits per heavy atom. The van der Waals surface area contributed by atoms with Gasteiger partial charge in [-0.2, -0.15) is 0 Å². The predicted octanol–water partition coefficient (Wildman–Crippen LogP) is 5.29. The number of Topliss-reactive ketones (excluding diaryl/α,β-unsaturated/α-hetero) is 1. The molecule has 2 aromatic carbocycles. The zero-order valence-corrected chi connectivity index (χ0v) is 15.7. The standard InChI is InChI=1S/C22H22O3S/c1-2-26-20-18(21(24)25-22(20)13-6-3-7-14-22)19(23)17-12-8-10-15-9-4-5-11-16(15)17/h4-5,8-12H,2-3,6-7,13-14H2,1H3. The summed E-state index contributed by atoms with van der Waals surface area (Å²) < 4.78 is 5.87. The van der Waals surface area contributed by atoms with E-state index < -0.39 is 11.6 Å². The summed E-state index contributed by atoms with van der Waals surface area (Å²) in [7, 11) is 0. The molecule has 3 nitrogen and oxygen atoms in total. The predicted molar refractivity (Wildman–Crippen MR) is 105 cm³/mol. The Kier molecular flexibility index (Phi) is 4.62. The number of carbonyl (C=O) groups excluding carboxylic acids is 2. The Morgan fingerprint density at radius 1 is 1.08 bits per heavy atom. The molecule has 1 fully saturated rings. The van der Waals surface area contributed by atoms with Gasteiger partial charge in [0.25, 0.3) is 0 Å². The molecular weight excluding hydrogens is 344 g/mol. The van der Waals surface area contributed by atoms with Crippen molar-refractivity contribution in [3.8, 4) is 0 Å². The highest BCUT2D eigenvalue weighted by atomic mass is 32.2. The first-order valence-corrected chi connectivity index (χ1v) is 10.3. The van der Waals surface area contributed by atoms with Gasteiger partial charge >= 0.3 is 5.97 Å². The molecule has 0 radical (unpaired) electrons. The lowest BCUT2D eigenvalue weighted by molar-refractivity contribution is -0.148. The third-order valence-electron chi connectivity index (χ3n) is 5.34. The summed E-state index contributed by atoms with van der Waals surface area (Å²) >= 11 is 1.60. The topological polar surface area (TPSA) is 43.4 Å². The third kappa shape index (κ3) is 2.77. The summed E-state index contributed by atoms with van der Waals surface area (Å²) in [6.45, 7) is 2.05. The minimum absolute atomic E-state index is 0.204. The van der Waals surface area contributed by atoms with Gasteiger partial charge in [0.2, 0.25) is 5.78 Å². The Hall–Kier alpha value is -2.07. The average molecular weight is 366 g/mol. The molecule has 0 atom stereocenters. The maximum absolute atomic E-state index is 13.4. The molecule has 4 heteroatoms. The Labute approximate surface area is 157 Å². The Bertz CT molecular complexity index is 901. The second kappa shape index (κ2) is 6.92. The lowest BCUT2D eigenvalue weighted by Gasteiger charge is -2.34. The van der Waals surface area contributed by atoms with Gasteiger partial charge < -0.3 is 4.74 Å². The van der Waals surface area contributed by atoms with Crippen molar-refractivity contribution in [2.45, 2.75) is 44.6 Å². The first-order valence-electron chi connectivity index (χ1n) is 9.29. The van der Waals surface area contributed by atoms with Crippen molar-refractivity contribution in [3.63, 3.8) is 0 Å². The summed E-state index contributed by atoms with van der Waals surface area (Å²) in [6, 6.07) is 13.5. The van der Waals surface area contributed by atoms with E-state index in [0.717, 1.165) is 53.5 Å². The highest BCUT2D eigenvalue weighted by molar-refractivity contribution is 8.03. The van der Waals surface area contributed by atoms with Crippen molar-refractivity contribution in [2.75, 3.05) is 5.75 Å². The third-order valence-corrected chi connectivity index (χ3v) is 6.50. The molecule has 0 saturated heterocycles. The van der Waals surface area contributed by atoms with E-state index in [2.05, 4.69) is 6.92 Å². The number of hydrogen-bond acceptors (Lipinski definition) is 4. The average Bonchev–Trinajstić information content (AvgIpc) is 2.92. The fraction of sp³-hybridized carbons (Fsp3) is 0.364. The molecule has 1 aliphatic carbocycles. The summed E-state index contributed by atoms with van der Waals surface area (Å²) in [5, 5.41) is 1.88. The van der Waals surface area contributed by atoms with Gasteiger partial charge in [-0.1, -0.05) is 55.8 Å². The molecule has 0 amide bonds. The van der Waals surface area contributed by atoms with E-state index in [-0.39, 0.29) is 11.4 Å². The number of ketones is 1. The zero-order chi connectivity index (χ0) is 18.1. The number of fused-ring (bicyclic) bond motifs is 1. The van der Waals surface area contributed by atoms with Crippen molar-refractivity contribution in [1.29, 1.82) is 0 Å². The van der Waals surface area contributed by atoms with Gasteiger partial charge in [-0.3, -0.25) is 4.79 Å². The van der Waals surface area contributed by atoms with Crippen molar-refractivity contribution >= 4 is 34.3 Å². The highest BCUT2D eigenvalue weighted by Crippen LogP contribution is 2.49. The quantitative estimate of drug-likeness (QED) is 0.419. The summed E-state index contributed by atoms with van der Waals surface area (Å²) in [4.78, 5) is 27.0. The lowest BCUT2D eigenvalue weighted by atomic mass is 9.83. The van der Waals surface area contributed by atoms with Crippen LogP contribution in [0.2, 0.25) is 0 Å². The van der Waals surface area contributed by atoms with Crippen LogP contribution in [-0.2, 0) is 9.53 Å². The molecule has 4 rings (SSSR count). The molecule has 0 unspecified atom stereocenters. The van der Waals surface area contributed by atoms with Gasteiger partial charge in [0.1, 0.15) is 11.2 Å². The van der Waals surface area contributed by atoms with Crippen LogP contribution in [0.5, 0.6) is 0 Å². The summed E-state index contributed by atoms with van der Waals surface area (Å²) in [5.74, 6) is 0.172. The first-order chi connectivity index (χ1) is 12.7. The number of esters is 1. The molecule has 2 aliphatic rings. The number of carbonyl (C=O) groups is 2. The molecule has 2 aromatic rings. The molecule has 0 N–H and O–H groups in total. The van der Waals surface area contributed by atoms with Crippen LogP contribution in [0.15, 0.2) is 52.9 Å². The second-order valence-electron chi connectivity index (χ2n) is 6.94. The smallest absolute Gasteiger partial charge is 0.344 e. The van der Waals surface area contributed by atoms with Crippen LogP contribution in [0.25, 0.3) is 10.8 Å². The van der Waals surface area contributed by atoms with Crippen molar-refractivity contribution < 1.29 is 14.3 Å². The van der Waals surface area contributed by atoms with Crippen LogP contribution in [0, 0.1) is 0 Å². The monoisotopic (exact) mass is 366 g/mol. The van der Waals surface area contributed by atoms with Gasteiger partial charge in [-0.25, -0.2) is 4.79 Å². The van der Waals surface area contributed by atoms with Gasteiger partial charge in [-0.05, 0) is 42.2 Å². The van der Waals surface area contributed by atoms with E-state index in [9.17, 15) is 9.59 Å². The largest absolute Gasteiger partial charge is 0.450 e. The summed E-state index contributed by atoms with van der Waals surface area (Å²) in [6.07, 6.45) is 4.89. The number of thioether (sulfide) groups is 1. The summed E-state index contributed by atoms with van der Waals surface area (Å²) in [5.41, 5.74) is 0.276. The number of ether oxygens (including phenoxy) is 1. The number of hydrogen-bond donors (Lipinski definition) is 0. The normalized spacial score (nSPS) is 19.2. The van der Waals surface area contributed by atoms with Gasteiger partial charge in [0, 0.05) is 10.5 Å². The molecule has 134 valence electrons. The molecule has 0 aromatic heterocycles. The zero-order valence-electron chi connectivity index (χ0n) is 14.9. The maximum atomic E-state index is 13.4. The molecule has 0 bridgehead atoms. The van der Waals surface area contributed by atoms with E-state index in [0.29, 0.717) is 5.56 Å². The van der Waals surface area contributed by atoms with Crippen molar-refractivity contribution in [3.05, 3.63) is 58.5 Å². The van der Waals surface area contributed by atoms with Gasteiger partial charge in [0.15, 0.2) is 0 Å². The molecular formula is C22H22O3S. The SMILES string of the molecule is CCSC1=C(C(=O)c2cccc3ccccc23)C(=O)OC12CCCCC2. The van der Waals surface area contributed by atoms with Crippen LogP contribution >= 0.6 is 11.8 Å². The van der Waals surface area contributed by atoms with Gasteiger partial charge in [-0.15, -0.1) is 11.8 Å². The highest BCUT2D eigenvalue weighted by Gasteiger charge is 2.50. The van der Waals surface area contributed by atoms with Gasteiger partial charge in [0.05, 0.1) is 0 Å². The molecule has 26 heavy (non-hydrogen) atoms. The first kappa shape index (κ1) is 17.3. The van der Waals surface area contributed by atoms with Crippen LogP contribution in [-0.4, -0.2) is 23.1 Å². The fourth-order valence-corrected chi connectivity index (χ4v) is 5.27. The van der Waals surface area contributed by atoms with E-state index in [1.807, 2.05) is 42.5 Å². The van der Waals surface area contributed by atoms with Crippen LogP contribution in [0.1, 0.15) is 49.4 Å². The minimum atomic E-state index is -0.564. The van der Waals surface area contributed by atoms with Crippen LogP contribution in [0.3, 0.4) is 0 Å². The molecule has 1 saturated carbocycles. The molecule has 1 aliphatic heterocycles. The van der Waals surface area contributed by atoms with Crippen molar-refractivity contribution in [2.24, 2.45) is 0 Å². The Balaban J connectivity index is 1.85. The lowest BCUT2D eigenvalue weighted by Crippen LogP contribution is -2.33. The van der Waals surface area contributed by atoms with E-state index >= 15 is 0 Å². The fourth-order valence-electron chi connectivity index (χ4n) is 4.15. The maximum Gasteiger partial charge on any atom is 0.344 e. The van der Waals surface area contributed by atoms with E-state index in [4.69, 9.17) is 4.74 Å².